The first kappa shape index (κ1) is 11.2. The fraction of sp³-hybridized carbons (Fsp3) is 0.600. The first-order valence-corrected chi connectivity index (χ1v) is 5.70. The quantitative estimate of drug-likeness (QED) is 0.601. The molecule has 4 heteroatoms. The Hall–Kier alpha value is -0.900. The minimum atomic E-state index is 0.414. The number of hydrogen-bond acceptors (Lipinski definition) is 4. The molecule has 0 aromatic carbocycles. The van der Waals surface area contributed by atoms with Gasteiger partial charge in [0.1, 0.15) is 5.82 Å². The van der Waals surface area contributed by atoms with Crippen molar-refractivity contribution in [1.82, 2.24) is 9.36 Å². The van der Waals surface area contributed by atoms with Gasteiger partial charge in [-0.3, -0.25) is 0 Å². The van der Waals surface area contributed by atoms with E-state index < -0.39 is 0 Å². The van der Waals surface area contributed by atoms with Crippen LogP contribution in [0.15, 0.2) is 12.2 Å². The van der Waals surface area contributed by atoms with Crippen molar-refractivity contribution in [3.63, 3.8) is 0 Å². The highest BCUT2D eigenvalue weighted by Gasteiger charge is 2.06. The van der Waals surface area contributed by atoms with Crippen LogP contribution in [0.2, 0.25) is 0 Å². The van der Waals surface area contributed by atoms with Gasteiger partial charge in [0.05, 0.1) is 0 Å². The molecule has 0 saturated heterocycles. The van der Waals surface area contributed by atoms with E-state index in [1.54, 1.807) is 0 Å². The van der Waals surface area contributed by atoms with E-state index in [0.29, 0.717) is 5.92 Å². The Bertz CT molecular complexity index is 291. The van der Waals surface area contributed by atoms with E-state index in [1.807, 2.05) is 6.92 Å². The molecule has 0 atom stereocenters. The zero-order valence-electron chi connectivity index (χ0n) is 8.95. The van der Waals surface area contributed by atoms with Crippen LogP contribution >= 0.6 is 11.5 Å². The van der Waals surface area contributed by atoms with Crippen molar-refractivity contribution in [2.24, 2.45) is 0 Å². The van der Waals surface area contributed by atoms with Crippen molar-refractivity contribution in [2.45, 2.75) is 33.1 Å². The Balaban J connectivity index is 2.36. The Morgan fingerprint density at radius 2 is 2.29 bits per heavy atom. The lowest BCUT2D eigenvalue weighted by Crippen LogP contribution is -2.00. The third-order valence-corrected chi connectivity index (χ3v) is 2.47. The van der Waals surface area contributed by atoms with E-state index >= 15 is 0 Å². The molecule has 14 heavy (non-hydrogen) atoms. The molecular formula is C10H17N3S. The van der Waals surface area contributed by atoms with Crippen LogP contribution < -0.4 is 5.32 Å². The number of nitrogens with zero attached hydrogens (tertiary/aromatic N) is 2. The summed E-state index contributed by atoms with van der Waals surface area (Å²) in [5, 5.41) is 4.18. The standard InChI is InChI=1S/C10H17N3S/c1-4-5-6-7-11-10-12-9(8(2)3)13-14-10/h4-5,8H,6-7H2,1-3H3,(H,11,12,13)/b5-4+. The second-order valence-electron chi connectivity index (χ2n) is 3.40. The predicted molar refractivity (Wildman–Crippen MR) is 61.9 cm³/mol. The number of aromatic nitrogens is 2. The molecule has 1 rings (SSSR count). The molecular weight excluding hydrogens is 194 g/mol. The van der Waals surface area contributed by atoms with Gasteiger partial charge in [0, 0.05) is 24.0 Å². The molecule has 0 aliphatic rings. The summed E-state index contributed by atoms with van der Waals surface area (Å²) in [7, 11) is 0. The summed E-state index contributed by atoms with van der Waals surface area (Å²) in [6.45, 7) is 7.16. The lowest BCUT2D eigenvalue weighted by Gasteiger charge is -1.98. The van der Waals surface area contributed by atoms with Crippen molar-refractivity contribution in [3.05, 3.63) is 18.0 Å². The van der Waals surface area contributed by atoms with E-state index in [1.165, 1.54) is 11.5 Å². The molecule has 3 nitrogen and oxygen atoms in total. The van der Waals surface area contributed by atoms with Gasteiger partial charge >= 0.3 is 0 Å². The highest BCUT2D eigenvalue weighted by molar-refractivity contribution is 7.09. The fourth-order valence-electron chi connectivity index (χ4n) is 0.970. The highest BCUT2D eigenvalue weighted by atomic mass is 32.1. The lowest BCUT2D eigenvalue weighted by atomic mass is 10.2. The largest absolute Gasteiger partial charge is 0.360 e. The van der Waals surface area contributed by atoms with E-state index in [0.717, 1.165) is 23.9 Å². The van der Waals surface area contributed by atoms with Crippen LogP contribution in [0.3, 0.4) is 0 Å². The topological polar surface area (TPSA) is 37.8 Å². The zero-order chi connectivity index (χ0) is 10.4. The van der Waals surface area contributed by atoms with E-state index in [-0.39, 0.29) is 0 Å². The summed E-state index contributed by atoms with van der Waals surface area (Å²) in [5.41, 5.74) is 0. The van der Waals surface area contributed by atoms with Crippen LogP contribution in [0.25, 0.3) is 0 Å². The van der Waals surface area contributed by atoms with Crippen molar-refractivity contribution >= 4 is 16.7 Å². The number of anilines is 1. The number of hydrogen-bond donors (Lipinski definition) is 1. The summed E-state index contributed by atoms with van der Waals surface area (Å²) < 4.78 is 4.26. The molecule has 0 radical (unpaired) electrons. The molecule has 0 unspecified atom stereocenters. The SMILES string of the molecule is C/C=C/CCNc1nc(C(C)C)ns1. The van der Waals surface area contributed by atoms with Crippen molar-refractivity contribution < 1.29 is 0 Å². The van der Waals surface area contributed by atoms with Crippen molar-refractivity contribution in [3.8, 4) is 0 Å². The van der Waals surface area contributed by atoms with Crippen LogP contribution in [0.1, 0.15) is 38.9 Å². The van der Waals surface area contributed by atoms with Gasteiger partial charge in [-0.25, -0.2) is 4.98 Å². The van der Waals surface area contributed by atoms with Gasteiger partial charge in [0.25, 0.3) is 0 Å². The smallest absolute Gasteiger partial charge is 0.202 e. The first-order valence-electron chi connectivity index (χ1n) is 4.92. The minimum absolute atomic E-state index is 0.414. The third-order valence-electron chi connectivity index (χ3n) is 1.78. The van der Waals surface area contributed by atoms with Gasteiger partial charge in [-0.15, -0.1) is 0 Å². The van der Waals surface area contributed by atoms with Crippen molar-refractivity contribution in [2.75, 3.05) is 11.9 Å². The molecule has 0 spiro atoms. The van der Waals surface area contributed by atoms with Gasteiger partial charge in [-0.2, -0.15) is 4.37 Å². The zero-order valence-corrected chi connectivity index (χ0v) is 9.77. The second-order valence-corrected chi connectivity index (χ2v) is 4.15. The van der Waals surface area contributed by atoms with Gasteiger partial charge in [-0.1, -0.05) is 26.0 Å². The third kappa shape index (κ3) is 3.46. The van der Waals surface area contributed by atoms with Crippen LogP contribution in [-0.4, -0.2) is 15.9 Å². The fourth-order valence-corrected chi connectivity index (χ4v) is 1.70. The molecule has 0 amide bonds. The molecule has 1 aromatic rings. The Morgan fingerprint density at radius 3 is 2.86 bits per heavy atom. The lowest BCUT2D eigenvalue weighted by molar-refractivity contribution is 0.799. The van der Waals surface area contributed by atoms with Crippen molar-refractivity contribution in [1.29, 1.82) is 0 Å². The Labute approximate surface area is 89.4 Å². The highest BCUT2D eigenvalue weighted by Crippen LogP contribution is 2.16. The number of nitrogens with one attached hydrogen (secondary N) is 1. The number of rotatable bonds is 5. The van der Waals surface area contributed by atoms with Crippen LogP contribution in [0.4, 0.5) is 5.13 Å². The molecule has 1 N–H and O–H groups in total. The van der Waals surface area contributed by atoms with Gasteiger partial charge in [-0.05, 0) is 13.3 Å². The predicted octanol–water partition coefficient (Wildman–Crippen LogP) is 3.04. The maximum Gasteiger partial charge on any atom is 0.202 e. The van der Waals surface area contributed by atoms with Crippen LogP contribution in [0, 0.1) is 0 Å². The average Bonchev–Trinajstić information content (AvgIpc) is 2.61. The summed E-state index contributed by atoms with van der Waals surface area (Å²) in [5.74, 6) is 1.35. The summed E-state index contributed by atoms with van der Waals surface area (Å²) in [6.07, 6.45) is 5.23. The summed E-state index contributed by atoms with van der Waals surface area (Å²) in [6, 6.07) is 0. The van der Waals surface area contributed by atoms with Crippen LogP contribution in [-0.2, 0) is 0 Å². The van der Waals surface area contributed by atoms with E-state index in [9.17, 15) is 0 Å². The molecule has 0 aliphatic heterocycles. The molecule has 0 bridgehead atoms. The monoisotopic (exact) mass is 211 g/mol. The maximum absolute atomic E-state index is 4.38. The summed E-state index contributed by atoms with van der Waals surface area (Å²) in [4.78, 5) is 4.38. The van der Waals surface area contributed by atoms with E-state index in [2.05, 4.69) is 40.7 Å². The molecule has 78 valence electrons. The minimum Gasteiger partial charge on any atom is -0.360 e. The second kappa shape index (κ2) is 5.75. The Kier molecular flexibility index (Phi) is 4.59. The molecule has 0 fully saturated rings. The average molecular weight is 211 g/mol. The Morgan fingerprint density at radius 1 is 1.50 bits per heavy atom. The van der Waals surface area contributed by atoms with E-state index in [4.69, 9.17) is 0 Å². The maximum atomic E-state index is 4.38. The number of allylic oxidation sites excluding steroid dienone is 1. The van der Waals surface area contributed by atoms with Crippen LogP contribution in [0.5, 0.6) is 0 Å². The first-order chi connectivity index (χ1) is 6.74. The summed E-state index contributed by atoms with van der Waals surface area (Å²) >= 11 is 1.44. The van der Waals surface area contributed by atoms with Gasteiger partial charge in [0.2, 0.25) is 5.13 Å². The molecule has 1 aromatic heterocycles. The molecule has 1 heterocycles. The molecule has 0 saturated carbocycles. The molecule has 0 aliphatic carbocycles. The van der Waals surface area contributed by atoms with Gasteiger partial charge in [0.15, 0.2) is 0 Å². The normalized spacial score (nSPS) is 11.4. The van der Waals surface area contributed by atoms with Gasteiger partial charge < -0.3 is 5.32 Å².